The van der Waals surface area contributed by atoms with Crippen LogP contribution in [0.25, 0.3) is 11.1 Å². The normalized spacial score (nSPS) is 17.4. The molecule has 1 aromatic heterocycles. The first-order valence-electron chi connectivity index (χ1n) is 11.5. The van der Waals surface area contributed by atoms with Gasteiger partial charge in [-0.1, -0.05) is 24.3 Å². The number of ether oxygens (including phenoxy) is 1. The number of methoxy groups -OCH3 is 1. The Morgan fingerprint density at radius 3 is 2.31 bits per heavy atom. The summed E-state index contributed by atoms with van der Waals surface area (Å²) in [6.07, 6.45) is 2.04. The van der Waals surface area contributed by atoms with E-state index in [1.54, 1.807) is 47.5 Å². The van der Waals surface area contributed by atoms with Gasteiger partial charge in [0.1, 0.15) is 34.7 Å². The Labute approximate surface area is 202 Å². The van der Waals surface area contributed by atoms with Crippen LogP contribution < -0.4 is 4.74 Å². The molecule has 6 nitrogen and oxygen atoms in total. The maximum atomic E-state index is 13.3. The van der Waals surface area contributed by atoms with E-state index >= 15 is 0 Å². The molecule has 3 aromatic rings. The maximum absolute atomic E-state index is 13.3. The average Bonchev–Trinajstić information content (AvgIpc) is 2.83. The molecule has 1 aliphatic carbocycles. The van der Waals surface area contributed by atoms with Crippen LogP contribution in [0.2, 0.25) is 0 Å². The van der Waals surface area contributed by atoms with Crippen LogP contribution in [-0.4, -0.2) is 47.6 Å². The Kier molecular flexibility index (Phi) is 5.71. The first-order valence-corrected chi connectivity index (χ1v) is 11.5. The molecule has 1 saturated heterocycles. The second-order valence-corrected chi connectivity index (χ2v) is 9.51. The summed E-state index contributed by atoms with van der Waals surface area (Å²) in [6.45, 7) is 2.59. The van der Waals surface area contributed by atoms with Crippen molar-refractivity contribution in [3.63, 3.8) is 0 Å². The largest absolute Gasteiger partial charge is 0.496 e. The number of aromatic nitrogens is 1. The van der Waals surface area contributed by atoms with Crippen LogP contribution >= 0.6 is 0 Å². The minimum Gasteiger partial charge on any atom is -0.496 e. The highest BCUT2D eigenvalue weighted by molar-refractivity contribution is 6.11. The summed E-state index contributed by atoms with van der Waals surface area (Å²) in [6, 6.07) is 15.0. The fraction of sp³-hybridized carbons (Fsp3) is 0.286. The molecule has 2 aliphatic rings. The molecule has 0 N–H and O–H groups in total. The van der Waals surface area contributed by atoms with Gasteiger partial charge < -0.3 is 9.64 Å². The van der Waals surface area contributed by atoms with E-state index in [4.69, 9.17) is 4.74 Å². The lowest BCUT2D eigenvalue weighted by molar-refractivity contribution is -0.142. The molecule has 2 aromatic carbocycles. The third-order valence-corrected chi connectivity index (χ3v) is 7.00. The van der Waals surface area contributed by atoms with Crippen molar-refractivity contribution < 1.29 is 23.5 Å². The molecule has 1 saturated carbocycles. The number of amides is 1. The summed E-state index contributed by atoms with van der Waals surface area (Å²) >= 11 is 0. The van der Waals surface area contributed by atoms with Crippen molar-refractivity contribution in [3.8, 4) is 16.9 Å². The maximum Gasteiger partial charge on any atom is 0.272 e. The van der Waals surface area contributed by atoms with Gasteiger partial charge in [-0.05, 0) is 53.9 Å². The Balaban J connectivity index is 1.37. The number of hydrogen-bond acceptors (Lipinski definition) is 5. The molecular formula is C28H25FN2O4. The van der Waals surface area contributed by atoms with Gasteiger partial charge in [-0.3, -0.25) is 19.4 Å². The van der Waals surface area contributed by atoms with Gasteiger partial charge in [0.15, 0.2) is 0 Å². The Bertz CT molecular complexity index is 1290. The molecule has 35 heavy (non-hydrogen) atoms. The third-order valence-electron chi connectivity index (χ3n) is 7.00. The number of rotatable bonds is 4. The quantitative estimate of drug-likeness (QED) is 0.528. The van der Waals surface area contributed by atoms with Crippen molar-refractivity contribution in [1.29, 1.82) is 0 Å². The summed E-state index contributed by atoms with van der Waals surface area (Å²) in [4.78, 5) is 45.1. The number of halogens is 1. The number of pyridine rings is 1. The van der Waals surface area contributed by atoms with Crippen molar-refractivity contribution in [2.45, 2.75) is 25.7 Å². The van der Waals surface area contributed by atoms with E-state index in [2.05, 4.69) is 4.98 Å². The lowest BCUT2D eigenvalue weighted by atomic mass is 9.63. The molecule has 1 aliphatic heterocycles. The second kappa shape index (κ2) is 8.73. The highest BCUT2D eigenvalue weighted by Gasteiger charge is 2.54. The van der Waals surface area contributed by atoms with Crippen LogP contribution in [-0.2, 0) is 9.59 Å². The van der Waals surface area contributed by atoms with E-state index < -0.39 is 11.3 Å². The fourth-order valence-electron chi connectivity index (χ4n) is 5.40. The minimum atomic E-state index is -0.890. The summed E-state index contributed by atoms with van der Waals surface area (Å²) in [7, 11) is 1.51. The van der Waals surface area contributed by atoms with Gasteiger partial charge in [0.2, 0.25) is 0 Å². The molecule has 0 radical (unpaired) electrons. The van der Waals surface area contributed by atoms with Crippen LogP contribution in [0.4, 0.5) is 4.39 Å². The van der Waals surface area contributed by atoms with Crippen molar-refractivity contribution >= 4 is 17.5 Å². The van der Waals surface area contributed by atoms with Gasteiger partial charge in [-0.2, -0.15) is 0 Å². The lowest BCUT2D eigenvalue weighted by Crippen LogP contribution is -2.62. The zero-order valence-corrected chi connectivity index (χ0v) is 19.6. The number of ketones is 2. The summed E-state index contributed by atoms with van der Waals surface area (Å²) in [5.74, 6) is -1.24. The number of carbonyl (C=O) groups is 3. The van der Waals surface area contributed by atoms with E-state index in [1.165, 1.54) is 19.2 Å². The molecule has 5 rings (SSSR count). The Morgan fingerprint density at radius 1 is 1.03 bits per heavy atom. The van der Waals surface area contributed by atoms with Crippen molar-refractivity contribution in [3.05, 3.63) is 83.4 Å². The SMILES string of the molecule is COc1cc(-c2ccc(F)cc2)cc(C)c1C1C(=O)CC2(CC1=O)CN(C(=O)c1ccccn1)C2. The minimum absolute atomic E-state index is 0.151. The molecule has 7 heteroatoms. The number of aryl methyl sites for hydroxylation is 1. The van der Waals surface area contributed by atoms with E-state index in [9.17, 15) is 18.8 Å². The molecule has 0 atom stereocenters. The first kappa shape index (κ1) is 22.9. The van der Waals surface area contributed by atoms with E-state index in [0.29, 0.717) is 30.1 Å². The Hall–Kier alpha value is -3.87. The van der Waals surface area contributed by atoms with E-state index in [-0.39, 0.29) is 36.1 Å². The van der Waals surface area contributed by atoms with Gasteiger partial charge in [0.25, 0.3) is 5.91 Å². The number of carbonyl (C=O) groups excluding carboxylic acids is 3. The van der Waals surface area contributed by atoms with Crippen molar-refractivity contribution in [2.24, 2.45) is 5.41 Å². The number of hydrogen-bond donors (Lipinski definition) is 0. The highest BCUT2D eigenvalue weighted by atomic mass is 19.1. The molecule has 0 bridgehead atoms. The predicted octanol–water partition coefficient (Wildman–Crippen LogP) is 4.36. The second-order valence-electron chi connectivity index (χ2n) is 9.51. The molecule has 2 fully saturated rings. The molecule has 0 unspecified atom stereocenters. The number of nitrogens with zero attached hydrogens (tertiary/aromatic N) is 2. The van der Waals surface area contributed by atoms with E-state index in [1.807, 2.05) is 13.0 Å². The van der Waals surface area contributed by atoms with Crippen LogP contribution in [0.5, 0.6) is 5.75 Å². The van der Waals surface area contributed by atoms with Gasteiger partial charge in [0.05, 0.1) is 7.11 Å². The van der Waals surface area contributed by atoms with Gasteiger partial charge in [-0.15, -0.1) is 0 Å². The lowest BCUT2D eigenvalue weighted by Gasteiger charge is -2.52. The van der Waals surface area contributed by atoms with Crippen LogP contribution in [0.1, 0.15) is 40.4 Å². The molecule has 1 spiro atoms. The van der Waals surface area contributed by atoms with Gasteiger partial charge in [-0.25, -0.2) is 4.39 Å². The van der Waals surface area contributed by atoms with Gasteiger partial charge >= 0.3 is 0 Å². The number of Topliss-reactive ketones (excluding diaryl/α,β-unsaturated/α-hetero) is 2. The molecular weight excluding hydrogens is 447 g/mol. The predicted molar refractivity (Wildman–Crippen MR) is 128 cm³/mol. The fourth-order valence-corrected chi connectivity index (χ4v) is 5.40. The summed E-state index contributed by atoms with van der Waals surface area (Å²) < 4.78 is 19.0. The van der Waals surface area contributed by atoms with Crippen LogP contribution in [0, 0.1) is 18.2 Å². The molecule has 178 valence electrons. The van der Waals surface area contributed by atoms with Crippen LogP contribution in [0.3, 0.4) is 0 Å². The summed E-state index contributed by atoms with van der Waals surface area (Å²) in [5, 5.41) is 0. The standard InChI is InChI=1S/C28H25FN2O4/c1-17-11-19(18-6-8-20(29)9-7-18)12-24(35-2)25(17)26-22(32)13-28(14-23(26)33)15-31(16-28)27(34)21-5-3-4-10-30-21/h3-12,26H,13-16H2,1-2H3. The van der Waals surface area contributed by atoms with Gasteiger partial charge in [0, 0.05) is 43.1 Å². The Morgan fingerprint density at radius 2 is 1.71 bits per heavy atom. The topological polar surface area (TPSA) is 76.6 Å². The summed E-state index contributed by atoms with van der Waals surface area (Å²) in [5.41, 5.74) is 2.83. The first-order chi connectivity index (χ1) is 16.8. The highest BCUT2D eigenvalue weighted by Crippen LogP contribution is 2.47. The van der Waals surface area contributed by atoms with Crippen molar-refractivity contribution in [2.75, 3.05) is 20.2 Å². The van der Waals surface area contributed by atoms with Crippen molar-refractivity contribution in [1.82, 2.24) is 9.88 Å². The number of benzene rings is 2. The molecule has 1 amide bonds. The molecule has 2 heterocycles. The van der Waals surface area contributed by atoms with E-state index in [0.717, 1.165) is 16.7 Å². The van der Waals surface area contributed by atoms with Crippen LogP contribution in [0.15, 0.2) is 60.8 Å². The monoisotopic (exact) mass is 472 g/mol. The third kappa shape index (κ3) is 4.11. The number of likely N-dealkylation sites (tertiary alicyclic amines) is 1. The zero-order chi connectivity index (χ0) is 24.7. The zero-order valence-electron chi connectivity index (χ0n) is 19.6. The average molecular weight is 473 g/mol. The smallest absolute Gasteiger partial charge is 0.272 e.